The van der Waals surface area contributed by atoms with Crippen LogP contribution in [-0.2, 0) is 0 Å². The largest absolute Gasteiger partial charge is 0.206 e. The summed E-state index contributed by atoms with van der Waals surface area (Å²) in [7, 11) is 0. The number of rotatable bonds is 6. The Morgan fingerprint density at radius 1 is 0.889 bits per heavy atom. The van der Waals surface area contributed by atoms with Crippen LogP contribution in [0.4, 0.5) is 4.39 Å². The molecule has 0 aromatic heterocycles. The van der Waals surface area contributed by atoms with E-state index in [1.165, 1.54) is 11.6 Å². The zero-order valence-electron chi connectivity index (χ0n) is 19.0. The van der Waals surface area contributed by atoms with E-state index in [9.17, 15) is 4.39 Å². The third-order valence-electron chi connectivity index (χ3n) is 3.32. The van der Waals surface area contributed by atoms with E-state index >= 15 is 0 Å². The molecule has 0 radical (unpaired) electrons. The lowest BCUT2D eigenvalue weighted by Gasteiger charge is -2.12. The van der Waals surface area contributed by atoms with E-state index in [4.69, 9.17) is 0 Å². The number of hydrogen-bond acceptors (Lipinski definition) is 0. The molecular weight excluding hydrogens is 331 g/mol. The van der Waals surface area contributed by atoms with E-state index in [0.717, 1.165) is 24.0 Å². The van der Waals surface area contributed by atoms with E-state index in [1.807, 2.05) is 54.5 Å². The summed E-state index contributed by atoms with van der Waals surface area (Å²) >= 11 is 0. The lowest BCUT2D eigenvalue weighted by molar-refractivity contribution is 0.655. The zero-order valence-corrected chi connectivity index (χ0v) is 19.0. The van der Waals surface area contributed by atoms with Gasteiger partial charge in [-0.25, -0.2) is 4.39 Å². The molecule has 1 aliphatic rings. The van der Waals surface area contributed by atoms with Gasteiger partial charge in [0.25, 0.3) is 0 Å². The molecule has 0 fully saturated rings. The van der Waals surface area contributed by atoms with Crippen molar-refractivity contribution in [3.63, 3.8) is 0 Å². The van der Waals surface area contributed by atoms with Crippen molar-refractivity contribution < 1.29 is 4.39 Å². The normalized spacial score (nSPS) is 12.7. The van der Waals surface area contributed by atoms with Crippen molar-refractivity contribution in [1.82, 2.24) is 0 Å². The fourth-order valence-electron chi connectivity index (χ4n) is 1.84. The molecule has 0 aromatic rings. The Balaban J connectivity index is -0.000000869. The topological polar surface area (TPSA) is 0 Å². The van der Waals surface area contributed by atoms with Crippen LogP contribution in [0.2, 0.25) is 0 Å². The average molecular weight is 373 g/mol. The lowest BCUT2D eigenvalue weighted by Crippen LogP contribution is -1.94. The molecule has 0 unspecified atom stereocenters. The Bertz CT molecular complexity index is 604. The minimum Gasteiger partial charge on any atom is -0.206 e. The first-order chi connectivity index (χ1) is 12.8. The van der Waals surface area contributed by atoms with Crippen LogP contribution in [0.5, 0.6) is 0 Å². The smallest absolute Gasteiger partial charge is 0.130 e. The van der Waals surface area contributed by atoms with Crippen molar-refractivity contribution in [2.45, 2.75) is 68.2 Å². The molecular formula is C26H41F. The summed E-state index contributed by atoms with van der Waals surface area (Å²) < 4.78 is 14.2. The molecule has 0 saturated heterocycles. The molecule has 0 amide bonds. The Kier molecular flexibility index (Phi) is 20.4. The molecule has 0 N–H and O–H groups in total. The van der Waals surface area contributed by atoms with Gasteiger partial charge in [0.1, 0.15) is 5.83 Å². The Labute approximate surface area is 169 Å². The van der Waals surface area contributed by atoms with Crippen LogP contribution in [-0.4, -0.2) is 0 Å². The molecule has 1 heteroatoms. The van der Waals surface area contributed by atoms with Crippen molar-refractivity contribution in [1.29, 1.82) is 0 Å². The highest BCUT2D eigenvalue weighted by Gasteiger charge is 2.09. The van der Waals surface area contributed by atoms with E-state index in [-0.39, 0.29) is 5.57 Å². The SMILES string of the molecule is C=C(C)/C=C\C(=C)C(=C)/C(F)=C\C(=C)C1=CC=C(C)CC1.CC.CC.CC. The molecule has 0 nitrogen and oxygen atoms in total. The van der Waals surface area contributed by atoms with Crippen LogP contribution in [0.3, 0.4) is 0 Å². The number of allylic oxidation sites excluding steroid dienone is 12. The van der Waals surface area contributed by atoms with Crippen molar-refractivity contribution in [3.05, 3.63) is 96.0 Å². The molecule has 0 heterocycles. The first-order valence-corrected chi connectivity index (χ1v) is 9.96. The minimum atomic E-state index is -0.399. The third kappa shape index (κ3) is 13.7. The molecule has 0 saturated carbocycles. The molecule has 1 rings (SSSR count). The Morgan fingerprint density at radius 2 is 1.41 bits per heavy atom. The molecule has 1 aliphatic carbocycles. The van der Waals surface area contributed by atoms with E-state index in [0.29, 0.717) is 11.1 Å². The fraction of sp³-hybridized carbons (Fsp3) is 0.385. The summed E-state index contributed by atoms with van der Waals surface area (Å²) in [6, 6.07) is 0. The van der Waals surface area contributed by atoms with Crippen LogP contribution in [0.25, 0.3) is 0 Å². The highest BCUT2D eigenvalue weighted by molar-refractivity contribution is 5.51. The van der Waals surface area contributed by atoms with Gasteiger partial charge in [-0.3, -0.25) is 0 Å². The summed E-state index contributed by atoms with van der Waals surface area (Å²) in [6.45, 7) is 31.2. The molecule has 27 heavy (non-hydrogen) atoms. The van der Waals surface area contributed by atoms with E-state index < -0.39 is 5.83 Å². The highest BCUT2D eigenvalue weighted by Crippen LogP contribution is 2.27. The second kappa shape index (κ2) is 18.6. The minimum absolute atomic E-state index is 0.275. The average Bonchev–Trinajstić information content (AvgIpc) is 2.70. The predicted molar refractivity (Wildman–Crippen MR) is 126 cm³/mol. The summed E-state index contributed by atoms with van der Waals surface area (Å²) in [5.41, 5.74) is 4.77. The number of hydrogen-bond donors (Lipinski definition) is 0. The van der Waals surface area contributed by atoms with Gasteiger partial charge in [0.05, 0.1) is 0 Å². The van der Waals surface area contributed by atoms with Crippen LogP contribution < -0.4 is 0 Å². The second-order valence-corrected chi connectivity index (χ2v) is 5.41. The monoisotopic (exact) mass is 372 g/mol. The van der Waals surface area contributed by atoms with Gasteiger partial charge >= 0.3 is 0 Å². The summed E-state index contributed by atoms with van der Waals surface area (Å²) in [4.78, 5) is 0. The highest BCUT2D eigenvalue weighted by atomic mass is 19.1. The molecule has 0 aliphatic heterocycles. The van der Waals surface area contributed by atoms with Gasteiger partial charge in [0, 0.05) is 5.57 Å². The van der Waals surface area contributed by atoms with Gasteiger partial charge in [-0.2, -0.15) is 0 Å². The summed E-state index contributed by atoms with van der Waals surface area (Å²) in [5.74, 6) is -0.399. The molecule has 0 aromatic carbocycles. The Morgan fingerprint density at radius 3 is 1.81 bits per heavy atom. The quantitative estimate of drug-likeness (QED) is 0.407. The van der Waals surface area contributed by atoms with Crippen LogP contribution in [0.1, 0.15) is 68.2 Å². The Hall–Kier alpha value is -2.15. The van der Waals surface area contributed by atoms with Gasteiger partial charge in [-0.05, 0) is 49.5 Å². The van der Waals surface area contributed by atoms with Gasteiger partial charge in [-0.15, -0.1) is 0 Å². The van der Waals surface area contributed by atoms with Gasteiger partial charge in [-0.1, -0.05) is 103 Å². The van der Waals surface area contributed by atoms with Crippen LogP contribution >= 0.6 is 0 Å². The van der Waals surface area contributed by atoms with Crippen LogP contribution in [0.15, 0.2) is 96.0 Å². The van der Waals surface area contributed by atoms with Gasteiger partial charge < -0.3 is 0 Å². The van der Waals surface area contributed by atoms with E-state index in [1.54, 1.807) is 12.2 Å². The van der Waals surface area contributed by atoms with Crippen molar-refractivity contribution in [3.8, 4) is 0 Å². The summed E-state index contributed by atoms with van der Waals surface area (Å²) in [5, 5.41) is 0. The van der Waals surface area contributed by atoms with Crippen molar-refractivity contribution in [2.24, 2.45) is 0 Å². The molecule has 0 spiro atoms. The maximum Gasteiger partial charge on any atom is 0.130 e. The summed E-state index contributed by atoms with van der Waals surface area (Å²) in [6.07, 6.45) is 10.9. The third-order valence-corrected chi connectivity index (χ3v) is 3.32. The van der Waals surface area contributed by atoms with Crippen molar-refractivity contribution >= 4 is 0 Å². The van der Waals surface area contributed by atoms with Crippen LogP contribution in [0, 0.1) is 0 Å². The van der Waals surface area contributed by atoms with Crippen molar-refractivity contribution in [2.75, 3.05) is 0 Å². The fourth-order valence-corrected chi connectivity index (χ4v) is 1.84. The maximum atomic E-state index is 14.2. The van der Waals surface area contributed by atoms with E-state index in [2.05, 4.69) is 39.3 Å². The second-order valence-electron chi connectivity index (χ2n) is 5.41. The standard InChI is InChI=1S/C20H23F.3C2H6/c1-14(2)7-10-16(4)18(6)20(21)13-17(5)19-11-8-15(3)9-12-19;3*1-2/h7-8,10-11,13H,1,4-6,9,12H2,2-3H3;3*1-2H3/b10-7-,20-13+;;;. The lowest BCUT2D eigenvalue weighted by atomic mass is 9.93. The molecule has 0 bridgehead atoms. The van der Waals surface area contributed by atoms with Gasteiger partial charge in [0.2, 0.25) is 0 Å². The first kappa shape index (κ1) is 29.6. The zero-order chi connectivity index (χ0) is 22.0. The number of halogens is 1. The predicted octanol–water partition coefficient (Wildman–Crippen LogP) is 9.39. The van der Waals surface area contributed by atoms with Gasteiger partial charge in [0.15, 0.2) is 0 Å². The maximum absolute atomic E-state index is 14.2. The molecule has 152 valence electrons. The molecule has 0 atom stereocenters. The first-order valence-electron chi connectivity index (χ1n) is 9.96.